The summed E-state index contributed by atoms with van der Waals surface area (Å²) in [6.45, 7) is 4.05. The van der Waals surface area contributed by atoms with Crippen LogP contribution in [0.5, 0.6) is 0 Å². The average molecular weight is 351 g/mol. The molecule has 1 aliphatic carbocycles. The van der Waals surface area contributed by atoms with E-state index in [1.165, 1.54) is 35.0 Å². The number of thioether (sulfide) groups is 1. The number of anilines is 1. The molecule has 23 heavy (non-hydrogen) atoms. The van der Waals surface area contributed by atoms with Crippen LogP contribution in [-0.2, 0) is 17.6 Å². The molecule has 2 aromatic heterocycles. The highest BCUT2D eigenvalue weighted by molar-refractivity contribution is 7.99. The number of carbonyl (C=O) groups is 1. The summed E-state index contributed by atoms with van der Waals surface area (Å²) >= 11 is 3.08. The van der Waals surface area contributed by atoms with Gasteiger partial charge < -0.3 is 11.1 Å². The highest BCUT2D eigenvalue weighted by atomic mass is 32.2. The predicted octanol–water partition coefficient (Wildman–Crippen LogP) is 3.16. The molecular weight excluding hydrogens is 328 g/mol. The molecule has 0 saturated carbocycles. The largest absolute Gasteiger partial charge is 0.383 e. The number of carbonyl (C=O) groups excluding carboxylic acids is 1. The van der Waals surface area contributed by atoms with Gasteiger partial charge in [0.05, 0.1) is 11.1 Å². The highest BCUT2D eigenvalue weighted by Gasteiger charge is 2.20. The standard InChI is InChI=1S/C16H22N4OS2/c1-3-9(2)18-12(21)8-22-16-19-14(17)13-10-6-4-5-7-11(10)23-15(13)20-16/h9H,3-8H2,1-2H3,(H,18,21)(H2,17,19,20)/t9-/m0/s1. The Morgan fingerprint density at radius 3 is 2.96 bits per heavy atom. The summed E-state index contributed by atoms with van der Waals surface area (Å²) in [6, 6.07) is 0.195. The number of amides is 1. The Kier molecular flexibility index (Phi) is 5.06. The van der Waals surface area contributed by atoms with Crippen molar-refractivity contribution in [1.29, 1.82) is 0 Å². The van der Waals surface area contributed by atoms with Gasteiger partial charge in [0.2, 0.25) is 5.91 Å². The minimum atomic E-state index is 0.0112. The van der Waals surface area contributed by atoms with Gasteiger partial charge in [-0.1, -0.05) is 18.7 Å². The lowest BCUT2D eigenvalue weighted by molar-refractivity contribution is -0.119. The first-order chi connectivity index (χ1) is 11.1. The number of nitrogen functional groups attached to an aromatic ring is 1. The second-order valence-corrected chi connectivity index (χ2v) is 7.97. The molecule has 0 fully saturated rings. The third kappa shape index (κ3) is 3.61. The second kappa shape index (κ2) is 7.05. The Hall–Kier alpha value is -1.34. The van der Waals surface area contributed by atoms with Crippen LogP contribution in [0.3, 0.4) is 0 Å². The summed E-state index contributed by atoms with van der Waals surface area (Å²) in [6.07, 6.45) is 5.57. The Morgan fingerprint density at radius 2 is 2.17 bits per heavy atom. The number of aryl methyl sites for hydroxylation is 2. The molecule has 3 N–H and O–H groups in total. The van der Waals surface area contributed by atoms with E-state index in [1.807, 2.05) is 13.8 Å². The molecule has 2 heterocycles. The molecule has 0 unspecified atom stereocenters. The summed E-state index contributed by atoms with van der Waals surface area (Å²) in [5.41, 5.74) is 7.52. The third-order valence-electron chi connectivity index (χ3n) is 4.17. The summed E-state index contributed by atoms with van der Waals surface area (Å²) in [5.74, 6) is 0.886. The summed E-state index contributed by atoms with van der Waals surface area (Å²) < 4.78 is 0. The van der Waals surface area contributed by atoms with Crippen LogP contribution >= 0.6 is 23.1 Å². The number of nitrogens with two attached hydrogens (primary N) is 1. The molecule has 3 rings (SSSR count). The zero-order valence-corrected chi connectivity index (χ0v) is 15.1. The van der Waals surface area contributed by atoms with E-state index < -0.39 is 0 Å². The predicted molar refractivity (Wildman–Crippen MR) is 97.1 cm³/mol. The van der Waals surface area contributed by atoms with Gasteiger partial charge in [0.1, 0.15) is 10.6 Å². The lowest BCUT2D eigenvalue weighted by Gasteiger charge is -2.11. The average Bonchev–Trinajstić information content (AvgIpc) is 2.91. The minimum Gasteiger partial charge on any atom is -0.383 e. The zero-order valence-electron chi connectivity index (χ0n) is 13.5. The van der Waals surface area contributed by atoms with Gasteiger partial charge in [-0.2, -0.15) is 0 Å². The first kappa shape index (κ1) is 16.5. The molecule has 5 nitrogen and oxygen atoms in total. The smallest absolute Gasteiger partial charge is 0.230 e. The van der Waals surface area contributed by atoms with Gasteiger partial charge in [0, 0.05) is 10.9 Å². The van der Waals surface area contributed by atoms with Crippen LogP contribution in [0.4, 0.5) is 5.82 Å². The van der Waals surface area contributed by atoms with Crippen molar-refractivity contribution in [1.82, 2.24) is 15.3 Å². The Bertz CT molecular complexity index is 728. The van der Waals surface area contributed by atoms with Gasteiger partial charge in [0.15, 0.2) is 5.16 Å². The van der Waals surface area contributed by atoms with Crippen LogP contribution in [0.2, 0.25) is 0 Å². The number of hydrogen-bond acceptors (Lipinski definition) is 6. The lowest BCUT2D eigenvalue weighted by atomic mass is 9.97. The van der Waals surface area contributed by atoms with Crippen LogP contribution in [0, 0.1) is 0 Å². The van der Waals surface area contributed by atoms with Crippen molar-refractivity contribution in [3.05, 3.63) is 10.4 Å². The molecule has 2 aromatic rings. The second-order valence-electron chi connectivity index (χ2n) is 5.95. The van der Waals surface area contributed by atoms with Crippen LogP contribution in [-0.4, -0.2) is 27.7 Å². The molecule has 0 bridgehead atoms. The lowest BCUT2D eigenvalue weighted by Crippen LogP contribution is -2.33. The molecular formula is C16H22N4OS2. The molecule has 0 spiro atoms. The molecule has 1 atom stereocenters. The van der Waals surface area contributed by atoms with Crippen molar-refractivity contribution < 1.29 is 4.79 Å². The first-order valence-electron chi connectivity index (χ1n) is 8.08. The maximum absolute atomic E-state index is 11.9. The van der Waals surface area contributed by atoms with Crippen molar-refractivity contribution in [2.45, 2.75) is 57.1 Å². The third-order valence-corrected chi connectivity index (χ3v) is 6.21. The quantitative estimate of drug-likeness (QED) is 0.639. The maximum Gasteiger partial charge on any atom is 0.230 e. The Labute approximate surface area is 144 Å². The fraction of sp³-hybridized carbons (Fsp3) is 0.562. The van der Waals surface area contributed by atoms with E-state index in [1.54, 1.807) is 11.3 Å². The number of nitrogens with zero attached hydrogens (tertiary/aromatic N) is 2. The van der Waals surface area contributed by atoms with Gasteiger partial charge in [-0.25, -0.2) is 9.97 Å². The van der Waals surface area contributed by atoms with E-state index in [-0.39, 0.29) is 11.9 Å². The number of rotatable bonds is 5. The van der Waals surface area contributed by atoms with Gasteiger partial charge in [-0.3, -0.25) is 4.79 Å². The van der Waals surface area contributed by atoms with Crippen LogP contribution < -0.4 is 11.1 Å². The number of thiophene rings is 1. The van der Waals surface area contributed by atoms with E-state index >= 15 is 0 Å². The molecule has 0 aromatic carbocycles. The Morgan fingerprint density at radius 1 is 1.39 bits per heavy atom. The van der Waals surface area contributed by atoms with Gasteiger partial charge in [-0.05, 0) is 44.6 Å². The van der Waals surface area contributed by atoms with E-state index in [0.29, 0.717) is 16.7 Å². The molecule has 0 saturated heterocycles. The van der Waals surface area contributed by atoms with E-state index in [2.05, 4.69) is 15.3 Å². The summed E-state index contributed by atoms with van der Waals surface area (Å²) in [5, 5.41) is 4.58. The zero-order chi connectivity index (χ0) is 16.4. The van der Waals surface area contributed by atoms with Gasteiger partial charge >= 0.3 is 0 Å². The molecule has 0 radical (unpaired) electrons. The first-order valence-corrected chi connectivity index (χ1v) is 9.88. The summed E-state index contributed by atoms with van der Waals surface area (Å²) in [7, 11) is 0. The van der Waals surface area contributed by atoms with Crippen LogP contribution in [0.15, 0.2) is 5.16 Å². The monoisotopic (exact) mass is 350 g/mol. The van der Waals surface area contributed by atoms with Crippen molar-refractivity contribution in [3.63, 3.8) is 0 Å². The van der Waals surface area contributed by atoms with Crippen molar-refractivity contribution in [2.75, 3.05) is 11.5 Å². The number of fused-ring (bicyclic) bond motifs is 3. The SMILES string of the molecule is CC[C@H](C)NC(=O)CSc1nc(N)c2c3c(sc2n1)CCCC3. The number of aromatic nitrogens is 2. The summed E-state index contributed by atoms with van der Waals surface area (Å²) in [4.78, 5) is 23.3. The number of hydrogen-bond donors (Lipinski definition) is 2. The molecule has 7 heteroatoms. The van der Waals surface area contributed by atoms with Crippen LogP contribution in [0.1, 0.15) is 43.6 Å². The van der Waals surface area contributed by atoms with Crippen molar-refractivity contribution in [3.8, 4) is 0 Å². The molecule has 0 aliphatic heterocycles. The van der Waals surface area contributed by atoms with Crippen LogP contribution in [0.25, 0.3) is 10.2 Å². The van der Waals surface area contributed by atoms with E-state index in [0.717, 1.165) is 29.5 Å². The topological polar surface area (TPSA) is 80.9 Å². The maximum atomic E-state index is 11.9. The normalized spacial score (nSPS) is 15.4. The molecule has 124 valence electrons. The fourth-order valence-electron chi connectivity index (χ4n) is 2.78. The fourth-order valence-corrected chi connectivity index (χ4v) is 4.77. The molecule has 1 amide bonds. The van der Waals surface area contributed by atoms with Crippen molar-refractivity contribution in [2.24, 2.45) is 0 Å². The van der Waals surface area contributed by atoms with E-state index in [4.69, 9.17) is 5.73 Å². The van der Waals surface area contributed by atoms with Crippen molar-refractivity contribution >= 4 is 45.0 Å². The van der Waals surface area contributed by atoms with Gasteiger partial charge in [-0.15, -0.1) is 11.3 Å². The Balaban J connectivity index is 1.76. The molecule has 1 aliphatic rings. The highest BCUT2D eigenvalue weighted by Crippen LogP contribution is 2.38. The van der Waals surface area contributed by atoms with Gasteiger partial charge in [0.25, 0.3) is 0 Å². The number of nitrogens with one attached hydrogen (secondary N) is 1. The minimum absolute atomic E-state index is 0.0112. The van der Waals surface area contributed by atoms with E-state index in [9.17, 15) is 4.79 Å².